The predicted octanol–water partition coefficient (Wildman–Crippen LogP) is 1.56. The van der Waals surface area contributed by atoms with Crippen LogP contribution >= 0.6 is 0 Å². The van der Waals surface area contributed by atoms with E-state index in [-0.39, 0.29) is 0 Å². The molecule has 0 aliphatic heterocycles. The van der Waals surface area contributed by atoms with Gasteiger partial charge in [-0.25, -0.2) is 4.98 Å². The molecule has 2 aromatic rings. The predicted molar refractivity (Wildman–Crippen MR) is 58.3 cm³/mol. The molecule has 0 aliphatic carbocycles. The molecule has 0 aliphatic rings. The average molecular weight is 188 g/mol. The van der Waals surface area contributed by atoms with E-state index in [4.69, 9.17) is 0 Å². The number of nitrogens with zero attached hydrogens (tertiary/aromatic N) is 2. The Morgan fingerprint density at radius 2 is 2.36 bits per heavy atom. The molecule has 2 aromatic heterocycles. The summed E-state index contributed by atoms with van der Waals surface area (Å²) in [5, 5.41) is 10.7. The highest BCUT2D eigenvalue weighted by atomic mass is 16.2. The standard InChI is InChI=1S/C10H13BN2O/c1-3-8-7-13(11(2)14)10-9(8)5-4-6-12-10/h4-7,14H,3H2,1-2H3. The molecule has 0 unspecified atom stereocenters. The summed E-state index contributed by atoms with van der Waals surface area (Å²) in [6, 6.07) is 3.97. The minimum absolute atomic E-state index is 0.521. The van der Waals surface area contributed by atoms with E-state index in [1.807, 2.05) is 18.3 Å². The molecule has 0 amide bonds. The molecular formula is C10H13BN2O. The van der Waals surface area contributed by atoms with Gasteiger partial charge in [0, 0.05) is 11.6 Å². The van der Waals surface area contributed by atoms with Crippen LogP contribution < -0.4 is 0 Å². The highest BCUT2D eigenvalue weighted by molar-refractivity contribution is 6.48. The van der Waals surface area contributed by atoms with Crippen molar-refractivity contribution < 1.29 is 5.02 Å². The summed E-state index contributed by atoms with van der Waals surface area (Å²) in [5.41, 5.74) is 2.09. The van der Waals surface area contributed by atoms with Gasteiger partial charge in [0.15, 0.2) is 0 Å². The fourth-order valence-corrected chi connectivity index (χ4v) is 1.72. The zero-order chi connectivity index (χ0) is 10.1. The molecule has 0 aromatic carbocycles. The van der Waals surface area contributed by atoms with Crippen molar-refractivity contribution in [1.82, 2.24) is 9.46 Å². The molecule has 3 nitrogen and oxygen atoms in total. The highest BCUT2D eigenvalue weighted by Crippen LogP contribution is 2.19. The largest absolute Gasteiger partial charge is 0.432 e. The molecule has 2 heterocycles. The molecule has 0 radical (unpaired) electrons. The second kappa shape index (κ2) is 3.46. The zero-order valence-corrected chi connectivity index (χ0v) is 8.44. The van der Waals surface area contributed by atoms with E-state index < -0.39 is 7.05 Å². The van der Waals surface area contributed by atoms with Gasteiger partial charge in [0.25, 0.3) is 0 Å². The molecule has 0 atom stereocenters. The van der Waals surface area contributed by atoms with E-state index in [1.54, 1.807) is 17.5 Å². The van der Waals surface area contributed by atoms with Gasteiger partial charge in [0.05, 0.1) is 0 Å². The first-order valence-corrected chi connectivity index (χ1v) is 4.86. The molecule has 1 N–H and O–H groups in total. The maximum absolute atomic E-state index is 9.55. The Labute approximate surface area is 83.5 Å². The Morgan fingerprint density at radius 1 is 1.57 bits per heavy atom. The molecule has 2 rings (SSSR count). The van der Waals surface area contributed by atoms with Gasteiger partial charge in [0.2, 0.25) is 0 Å². The minimum atomic E-state index is -0.521. The van der Waals surface area contributed by atoms with Crippen molar-refractivity contribution in [3.63, 3.8) is 0 Å². The fraction of sp³-hybridized carbons (Fsp3) is 0.300. The second-order valence-electron chi connectivity index (χ2n) is 3.42. The Kier molecular flexibility index (Phi) is 2.29. The average Bonchev–Trinajstić information content (AvgIpc) is 2.56. The van der Waals surface area contributed by atoms with Gasteiger partial charge in [-0.15, -0.1) is 0 Å². The van der Waals surface area contributed by atoms with E-state index in [0.29, 0.717) is 0 Å². The third kappa shape index (κ3) is 1.32. The molecule has 14 heavy (non-hydrogen) atoms. The first kappa shape index (κ1) is 9.28. The van der Waals surface area contributed by atoms with Crippen molar-refractivity contribution in [3.05, 3.63) is 30.1 Å². The molecule has 0 fully saturated rings. The van der Waals surface area contributed by atoms with E-state index >= 15 is 0 Å². The van der Waals surface area contributed by atoms with E-state index in [1.165, 1.54) is 5.56 Å². The smallest absolute Gasteiger partial charge is 0.414 e. The van der Waals surface area contributed by atoms with Gasteiger partial charge in [-0.2, -0.15) is 0 Å². The van der Waals surface area contributed by atoms with Crippen LogP contribution in [0.15, 0.2) is 24.5 Å². The lowest BCUT2D eigenvalue weighted by molar-refractivity contribution is 0.565. The number of rotatable bonds is 2. The molecule has 0 saturated carbocycles. The Bertz CT molecular complexity index is 450. The zero-order valence-electron chi connectivity index (χ0n) is 8.44. The van der Waals surface area contributed by atoms with Crippen LogP contribution in [-0.2, 0) is 6.42 Å². The lowest BCUT2D eigenvalue weighted by Crippen LogP contribution is -2.18. The molecule has 72 valence electrons. The Balaban J connectivity index is 2.73. The van der Waals surface area contributed by atoms with Gasteiger partial charge in [-0.3, -0.25) is 0 Å². The minimum Gasteiger partial charge on any atom is -0.432 e. The first-order chi connectivity index (χ1) is 6.74. The van der Waals surface area contributed by atoms with Gasteiger partial charge < -0.3 is 9.50 Å². The van der Waals surface area contributed by atoms with Crippen LogP contribution in [0.5, 0.6) is 0 Å². The molecular weight excluding hydrogens is 175 g/mol. The lowest BCUT2D eigenvalue weighted by Gasteiger charge is -2.01. The summed E-state index contributed by atoms with van der Waals surface area (Å²) >= 11 is 0. The summed E-state index contributed by atoms with van der Waals surface area (Å²) in [6.45, 7) is 3.85. The van der Waals surface area contributed by atoms with Crippen LogP contribution in [0.1, 0.15) is 12.5 Å². The summed E-state index contributed by atoms with van der Waals surface area (Å²) in [5.74, 6) is 0. The summed E-state index contributed by atoms with van der Waals surface area (Å²) in [6.07, 6.45) is 4.69. The van der Waals surface area contributed by atoms with Crippen LogP contribution in [0.4, 0.5) is 0 Å². The van der Waals surface area contributed by atoms with Gasteiger partial charge in [-0.1, -0.05) is 6.92 Å². The maximum atomic E-state index is 9.55. The third-order valence-electron chi connectivity index (χ3n) is 2.46. The number of aryl methyl sites for hydroxylation is 1. The van der Waals surface area contributed by atoms with Crippen molar-refractivity contribution in [2.24, 2.45) is 0 Å². The van der Waals surface area contributed by atoms with Gasteiger partial charge in [-0.05, 0) is 37.1 Å². The second-order valence-corrected chi connectivity index (χ2v) is 3.42. The topological polar surface area (TPSA) is 38.0 Å². The van der Waals surface area contributed by atoms with Crippen molar-refractivity contribution in [3.8, 4) is 0 Å². The molecule has 0 saturated heterocycles. The van der Waals surface area contributed by atoms with Gasteiger partial charge >= 0.3 is 7.05 Å². The monoisotopic (exact) mass is 188 g/mol. The number of aromatic nitrogens is 2. The van der Waals surface area contributed by atoms with Crippen LogP contribution in [0.25, 0.3) is 11.0 Å². The quantitative estimate of drug-likeness (QED) is 0.726. The summed E-state index contributed by atoms with van der Waals surface area (Å²) < 4.78 is 1.80. The van der Waals surface area contributed by atoms with E-state index in [0.717, 1.165) is 17.5 Å². The highest BCUT2D eigenvalue weighted by Gasteiger charge is 2.13. The van der Waals surface area contributed by atoms with Crippen LogP contribution in [0.3, 0.4) is 0 Å². The van der Waals surface area contributed by atoms with Crippen molar-refractivity contribution in [2.45, 2.75) is 20.2 Å². The third-order valence-corrected chi connectivity index (χ3v) is 2.46. The van der Waals surface area contributed by atoms with Gasteiger partial charge in [0.1, 0.15) is 5.65 Å². The summed E-state index contributed by atoms with van der Waals surface area (Å²) in [4.78, 5) is 4.27. The Morgan fingerprint density at radius 3 is 3.00 bits per heavy atom. The molecule has 4 heteroatoms. The van der Waals surface area contributed by atoms with Crippen molar-refractivity contribution >= 4 is 18.1 Å². The summed E-state index contributed by atoms with van der Waals surface area (Å²) in [7, 11) is -0.521. The van der Waals surface area contributed by atoms with Crippen LogP contribution in [0, 0.1) is 0 Å². The lowest BCUT2D eigenvalue weighted by atomic mass is 9.88. The van der Waals surface area contributed by atoms with Crippen molar-refractivity contribution in [2.75, 3.05) is 0 Å². The molecule has 0 bridgehead atoms. The first-order valence-electron chi connectivity index (χ1n) is 4.86. The van der Waals surface area contributed by atoms with Crippen LogP contribution in [0.2, 0.25) is 6.82 Å². The molecule has 0 spiro atoms. The number of hydrogen-bond donors (Lipinski definition) is 1. The Hall–Kier alpha value is -1.29. The maximum Gasteiger partial charge on any atom is 0.414 e. The normalized spacial score (nSPS) is 10.8. The van der Waals surface area contributed by atoms with Crippen LogP contribution in [-0.4, -0.2) is 21.5 Å². The van der Waals surface area contributed by atoms with Crippen molar-refractivity contribution in [1.29, 1.82) is 0 Å². The number of fused-ring (bicyclic) bond motifs is 1. The SMILES string of the molecule is CCc1cn(B(C)O)c2ncccc12. The fourth-order valence-electron chi connectivity index (χ4n) is 1.72. The van der Waals surface area contributed by atoms with E-state index in [9.17, 15) is 5.02 Å². The number of hydrogen-bond acceptors (Lipinski definition) is 2. The van der Waals surface area contributed by atoms with E-state index in [2.05, 4.69) is 11.9 Å². The number of pyridine rings is 1.